The van der Waals surface area contributed by atoms with Crippen LogP contribution in [0, 0.1) is 0 Å². The summed E-state index contributed by atoms with van der Waals surface area (Å²) in [5.74, 6) is -0.0529. The van der Waals surface area contributed by atoms with E-state index in [-0.39, 0.29) is 18.4 Å². The van der Waals surface area contributed by atoms with Crippen molar-refractivity contribution in [3.05, 3.63) is 54.1 Å². The lowest BCUT2D eigenvalue weighted by molar-refractivity contribution is -0.119. The number of hydrogen-bond donors (Lipinski definition) is 1. The summed E-state index contributed by atoms with van der Waals surface area (Å²) in [5.41, 5.74) is 3.55. The van der Waals surface area contributed by atoms with Crippen LogP contribution in [0.1, 0.15) is 32.8 Å². The molecule has 2 aromatic rings. The van der Waals surface area contributed by atoms with Gasteiger partial charge in [0, 0.05) is 25.2 Å². The maximum absolute atomic E-state index is 12.9. The van der Waals surface area contributed by atoms with Crippen molar-refractivity contribution in [2.75, 3.05) is 25.5 Å². The van der Waals surface area contributed by atoms with Gasteiger partial charge in [-0.15, -0.1) is 0 Å². The van der Waals surface area contributed by atoms with Crippen molar-refractivity contribution >= 4 is 17.7 Å². The van der Waals surface area contributed by atoms with Crippen LogP contribution in [0.4, 0.5) is 10.5 Å². The van der Waals surface area contributed by atoms with Crippen molar-refractivity contribution in [2.45, 2.75) is 45.4 Å². The van der Waals surface area contributed by atoms with Gasteiger partial charge in [-0.05, 0) is 69.8 Å². The van der Waals surface area contributed by atoms with E-state index in [1.54, 1.807) is 4.90 Å². The Morgan fingerprint density at radius 2 is 1.80 bits per heavy atom. The van der Waals surface area contributed by atoms with Crippen molar-refractivity contribution in [2.24, 2.45) is 0 Å². The highest BCUT2D eigenvalue weighted by Crippen LogP contribution is 2.28. The summed E-state index contributed by atoms with van der Waals surface area (Å²) in [6.07, 6.45) is -0.169. The molecule has 1 aliphatic rings. The molecule has 2 amide bonds. The second-order valence-electron chi connectivity index (χ2n) is 9.00. The first-order valence-electron chi connectivity index (χ1n) is 10.3. The van der Waals surface area contributed by atoms with Crippen LogP contribution in [0.3, 0.4) is 0 Å². The molecule has 160 valence electrons. The number of anilines is 1. The molecule has 1 fully saturated rings. The summed E-state index contributed by atoms with van der Waals surface area (Å²) in [4.78, 5) is 28.4. The lowest BCUT2D eigenvalue weighted by Crippen LogP contribution is -2.44. The second kappa shape index (κ2) is 8.88. The summed E-state index contributed by atoms with van der Waals surface area (Å²) < 4.78 is 5.61. The number of benzene rings is 2. The quantitative estimate of drug-likeness (QED) is 0.809. The molecule has 0 bridgehead atoms. The Labute approximate surface area is 178 Å². The van der Waals surface area contributed by atoms with Crippen molar-refractivity contribution in [1.29, 1.82) is 0 Å². The van der Waals surface area contributed by atoms with Crippen molar-refractivity contribution in [3.8, 4) is 11.1 Å². The first-order valence-corrected chi connectivity index (χ1v) is 10.3. The molecule has 30 heavy (non-hydrogen) atoms. The predicted octanol–water partition coefficient (Wildman–Crippen LogP) is 4.05. The van der Waals surface area contributed by atoms with E-state index in [9.17, 15) is 9.59 Å². The van der Waals surface area contributed by atoms with Gasteiger partial charge in [-0.1, -0.05) is 30.3 Å². The monoisotopic (exact) mass is 409 g/mol. The number of hydrogen-bond acceptors (Lipinski definition) is 4. The van der Waals surface area contributed by atoms with Gasteiger partial charge in [0.25, 0.3) is 0 Å². The van der Waals surface area contributed by atoms with Crippen LogP contribution in [0.2, 0.25) is 0 Å². The zero-order valence-corrected chi connectivity index (χ0v) is 18.4. The van der Waals surface area contributed by atoms with Crippen LogP contribution >= 0.6 is 0 Å². The Morgan fingerprint density at radius 3 is 2.37 bits per heavy atom. The van der Waals surface area contributed by atoms with Crippen LogP contribution in [0.25, 0.3) is 11.1 Å². The lowest BCUT2D eigenvalue weighted by atomic mass is 10.0. The third kappa shape index (κ3) is 5.60. The molecule has 1 atom stereocenters. The lowest BCUT2D eigenvalue weighted by Gasteiger charge is -2.31. The number of nitrogens with zero attached hydrogens (tertiary/aromatic N) is 2. The van der Waals surface area contributed by atoms with Gasteiger partial charge in [-0.25, -0.2) is 4.79 Å². The highest BCUT2D eigenvalue weighted by molar-refractivity contribution is 5.91. The van der Waals surface area contributed by atoms with Gasteiger partial charge in [-0.3, -0.25) is 9.69 Å². The van der Waals surface area contributed by atoms with Crippen LogP contribution < -0.4 is 10.2 Å². The first kappa shape index (κ1) is 21.8. The van der Waals surface area contributed by atoms with Gasteiger partial charge in [0.15, 0.2) is 0 Å². The largest absolute Gasteiger partial charge is 0.443 e. The Hall–Kier alpha value is -2.86. The number of ether oxygens (including phenoxy) is 1. The standard InChI is InChI=1S/C24H31N3O3/c1-24(2,3)30-23(29)27(21-14-22(28)25-15-21)20-11-9-18(10-12-20)19-8-6-7-17(13-19)16-26(4)5/h6-13,21H,14-16H2,1-5H3,(H,25,28). The fourth-order valence-corrected chi connectivity index (χ4v) is 3.58. The molecule has 1 aliphatic heterocycles. The molecule has 0 saturated carbocycles. The Bertz CT molecular complexity index is 901. The SMILES string of the molecule is CN(C)Cc1cccc(-c2ccc(N(C(=O)OC(C)(C)C)C3CNC(=O)C3)cc2)c1. The minimum atomic E-state index is -0.613. The smallest absolute Gasteiger partial charge is 0.415 e. The maximum Gasteiger partial charge on any atom is 0.415 e. The summed E-state index contributed by atoms with van der Waals surface area (Å²) in [5, 5.41) is 2.80. The number of carbonyl (C=O) groups is 2. The van der Waals surface area contributed by atoms with Crippen LogP contribution in [-0.4, -0.2) is 49.2 Å². The predicted molar refractivity (Wildman–Crippen MR) is 119 cm³/mol. The van der Waals surface area contributed by atoms with E-state index in [4.69, 9.17) is 4.74 Å². The zero-order chi connectivity index (χ0) is 21.9. The van der Waals surface area contributed by atoms with Gasteiger partial charge >= 0.3 is 6.09 Å². The maximum atomic E-state index is 12.9. The van der Waals surface area contributed by atoms with E-state index < -0.39 is 11.7 Å². The van der Waals surface area contributed by atoms with Gasteiger partial charge < -0.3 is 15.0 Å². The average molecular weight is 410 g/mol. The molecule has 0 spiro atoms. The molecule has 1 N–H and O–H groups in total. The van der Waals surface area contributed by atoms with E-state index in [1.807, 2.05) is 45.0 Å². The molecule has 0 aromatic heterocycles. The highest BCUT2D eigenvalue weighted by Gasteiger charge is 2.34. The number of carbonyl (C=O) groups excluding carboxylic acids is 2. The number of nitrogens with one attached hydrogen (secondary N) is 1. The van der Waals surface area contributed by atoms with Crippen molar-refractivity contribution in [3.63, 3.8) is 0 Å². The van der Waals surface area contributed by atoms with E-state index in [0.29, 0.717) is 6.54 Å². The number of amides is 2. The summed E-state index contributed by atoms with van der Waals surface area (Å²) in [6.45, 7) is 6.81. The fraction of sp³-hybridized carbons (Fsp3) is 0.417. The van der Waals surface area contributed by atoms with Gasteiger partial charge in [0.1, 0.15) is 5.60 Å². The minimum absolute atomic E-state index is 0.0529. The van der Waals surface area contributed by atoms with E-state index in [0.717, 1.165) is 23.4 Å². The molecular weight excluding hydrogens is 378 g/mol. The molecular formula is C24H31N3O3. The molecule has 1 unspecified atom stereocenters. The van der Waals surface area contributed by atoms with Gasteiger partial charge in [-0.2, -0.15) is 0 Å². The highest BCUT2D eigenvalue weighted by atomic mass is 16.6. The summed E-state index contributed by atoms with van der Waals surface area (Å²) >= 11 is 0. The molecule has 2 aromatic carbocycles. The molecule has 6 heteroatoms. The van der Waals surface area contributed by atoms with Crippen molar-refractivity contribution in [1.82, 2.24) is 10.2 Å². The van der Waals surface area contributed by atoms with E-state index in [1.165, 1.54) is 5.56 Å². The molecule has 1 saturated heterocycles. The average Bonchev–Trinajstić information content (AvgIpc) is 3.06. The van der Waals surface area contributed by atoms with Gasteiger partial charge in [0.2, 0.25) is 5.91 Å². The van der Waals surface area contributed by atoms with Crippen LogP contribution in [-0.2, 0) is 16.1 Å². The minimum Gasteiger partial charge on any atom is -0.443 e. The Balaban J connectivity index is 1.87. The normalized spacial score (nSPS) is 16.5. The van der Waals surface area contributed by atoms with Crippen LogP contribution in [0.15, 0.2) is 48.5 Å². The Morgan fingerprint density at radius 1 is 1.10 bits per heavy atom. The van der Waals surface area contributed by atoms with Crippen molar-refractivity contribution < 1.29 is 14.3 Å². The summed E-state index contributed by atoms with van der Waals surface area (Å²) in [7, 11) is 4.10. The van der Waals surface area contributed by atoms with E-state index in [2.05, 4.69) is 48.6 Å². The number of rotatable bonds is 5. The molecule has 3 rings (SSSR count). The van der Waals surface area contributed by atoms with Gasteiger partial charge in [0.05, 0.1) is 6.04 Å². The molecule has 1 heterocycles. The molecule has 0 radical (unpaired) electrons. The topological polar surface area (TPSA) is 61.9 Å². The molecule has 0 aliphatic carbocycles. The van der Waals surface area contributed by atoms with Crippen LogP contribution in [0.5, 0.6) is 0 Å². The Kier molecular flexibility index (Phi) is 6.46. The first-order chi connectivity index (χ1) is 14.1. The molecule has 6 nitrogen and oxygen atoms in total. The third-order valence-corrected chi connectivity index (χ3v) is 4.82. The summed E-state index contributed by atoms with van der Waals surface area (Å²) in [6, 6.07) is 16.0. The fourth-order valence-electron chi connectivity index (χ4n) is 3.58. The zero-order valence-electron chi connectivity index (χ0n) is 18.4. The third-order valence-electron chi connectivity index (χ3n) is 4.82. The van der Waals surface area contributed by atoms with E-state index >= 15 is 0 Å². The second-order valence-corrected chi connectivity index (χ2v) is 9.00.